The largest absolute Gasteiger partial charge is 0.497 e. The Morgan fingerprint density at radius 2 is 2.06 bits per heavy atom. The molecule has 1 aromatic carbocycles. The van der Waals surface area contributed by atoms with Crippen molar-refractivity contribution in [3.05, 3.63) is 24.3 Å². The monoisotopic (exact) mass is 223 g/mol. The van der Waals surface area contributed by atoms with Crippen molar-refractivity contribution in [2.24, 2.45) is 0 Å². The van der Waals surface area contributed by atoms with Gasteiger partial charge >= 0.3 is 0 Å². The van der Waals surface area contributed by atoms with E-state index in [2.05, 4.69) is 5.32 Å². The third-order valence-electron chi connectivity index (χ3n) is 2.50. The molecule has 1 aromatic rings. The first-order valence-electron chi connectivity index (χ1n) is 5.47. The Hall–Kier alpha value is -1.26. The summed E-state index contributed by atoms with van der Waals surface area (Å²) in [6.45, 7) is 3.13. The highest BCUT2D eigenvalue weighted by Gasteiger charge is 2.13. The van der Waals surface area contributed by atoms with Gasteiger partial charge in [0.1, 0.15) is 24.2 Å². The zero-order valence-electron chi connectivity index (χ0n) is 9.44. The lowest BCUT2D eigenvalue weighted by Gasteiger charge is -2.23. The van der Waals surface area contributed by atoms with Gasteiger partial charge in [-0.25, -0.2) is 0 Å². The van der Waals surface area contributed by atoms with Crippen LogP contribution in [0.25, 0.3) is 0 Å². The fourth-order valence-corrected chi connectivity index (χ4v) is 1.59. The number of hydrogen-bond donors (Lipinski definition) is 1. The minimum Gasteiger partial charge on any atom is -0.497 e. The van der Waals surface area contributed by atoms with Crippen LogP contribution in [0.3, 0.4) is 0 Å². The van der Waals surface area contributed by atoms with Gasteiger partial charge in [-0.15, -0.1) is 0 Å². The summed E-state index contributed by atoms with van der Waals surface area (Å²) < 4.78 is 16.2. The van der Waals surface area contributed by atoms with Crippen molar-refractivity contribution in [3.63, 3.8) is 0 Å². The highest BCUT2D eigenvalue weighted by Crippen LogP contribution is 2.17. The van der Waals surface area contributed by atoms with Crippen molar-refractivity contribution in [2.75, 3.05) is 33.4 Å². The molecule has 1 atom stereocenters. The minimum absolute atomic E-state index is 0.149. The fraction of sp³-hybridized carbons (Fsp3) is 0.500. The van der Waals surface area contributed by atoms with Crippen molar-refractivity contribution in [1.29, 1.82) is 0 Å². The normalized spacial score (nSPS) is 20.4. The third-order valence-corrected chi connectivity index (χ3v) is 2.50. The van der Waals surface area contributed by atoms with Crippen LogP contribution in [0.4, 0.5) is 0 Å². The van der Waals surface area contributed by atoms with Gasteiger partial charge in [-0.05, 0) is 24.3 Å². The second-order valence-corrected chi connectivity index (χ2v) is 3.68. The molecule has 0 radical (unpaired) electrons. The molecule has 1 heterocycles. The Morgan fingerprint density at radius 1 is 1.31 bits per heavy atom. The van der Waals surface area contributed by atoms with Crippen LogP contribution in [0.2, 0.25) is 0 Å². The lowest BCUT2D eigenvalue weighted by molar-refractivity contribution is 0.000188. The maximum absolute atomic E-state index is 5.62. The van der Waals surface area contributed by atoms with Crippen molar-refractivity contribution in [2.45, 2.75) is 6.10 Å². The Balaban J connectivity index is 1.79. The lowest BCUT2D eigenvalue weighted by atomic mass is 10.3. The maximum Gasteiger partial charge on any atom is 0.119 e. The topological polar surface area (TPSA) is 39.7 Å². The van der Waals surface area contributed by atoms with E-state index in [9.17, 15) is 0 Å². The van der Waals surface area contributed by atoms with Crippen molar-refractivity contribution >= 4 is 0 Å². The smallest absolute Gasteiger partial charge is 0.119 e. The first kappa shape index (κ1) is 11.2. The molecule has 0 aliphatic carbocycles. The number of nitrogens with one attached hydrogen (secondary N) is 1. The summed E-state index contributed by atoms with van der Waals surface area (Å²) in [5.41, 5.74) is 0. The summed E-state index contributed by atoms with van der Waals surface area (Å²) in [6.07, 6.45) is 0.149. The van der Waals surface area contributed by atoms with Crippen LogP contribution >= 0.6 is 0 Å². The summed E-state index contributed by atoms with van der Waals surface area (Å²) in [5.74, 6) is 1.68. The summed E-state index contributed by atoms with van der Waals surface area (Å²) in [4.78, 5) is 0. The highest BCUT2D eigenvalue weighted by molar-refractivity contribution is 5.31. The van der Waals surface area contributed by atoms with E-state index in [0.29, 0.717) is 6.61 Å². The molecule has 2 rings (SSSR count). The summed E-state index contributed by atoms with van der Waals surface area (Å²) in [6, 6.07) is 7.56. The highest BCUT2D eigenvalue weighted by atomic mass is 16.5. The lowest BCUT2D eigenvalue weighted by Crippen LogP contribution is -2.41. The summed E-state index contributed by atoms with van der Waals surface area (Å²) >= 11 is 0. The molecule has 4 heteroatoms. The number of rotatable bonds is 4. The molecule has 0 unspecified atom stereocenters. The molecule has 1 aliphatic heterocycles. The van der Waals surface area contributed by atoms with Crippen LogP contribution in [0.15, 0.2) is 24.3 Å². The van der Waals surface area contributed by atoms with Gasteiger partial charge in [-0.2, -0.15) is 0 Å². The van der Waals surface area contributed by atoms with Gasteiger partial charge in [-0.1, -0.05) is 0 Å². The molecular weight excluding hydrogens is 206 g/mol. The minimum atomic E-state index is 0.149. The number of hydrogen-bond acceptors (Lipinski definition) is 4. The Morgan fingerprint density at radius 3 is 2.69 bits per heavy atom. The zero-order chi connectivity index (χ0) is 11.2. The predicted octanol–water partition coefficient (Wildman–Crippen LogP) is 1.06. The molecule has 0 aromatic heterocycles. The van der Waals surface area contributed by atoms with E-state index in [-0.39, 0.29) is 6.10 Å². The quantitative estimate of drug-likeness (QED) is 0.828. The van der Waals surface area contributed by atoms with Crippen molar-refractivity contribution in [3.8, 4) is 11.5 Å². The third kappa shape index (κ3) is 3.12. The van der Waals surface area contributed by atoms with E-state index < -0.39 is 0 Å². The Bertz CT molecular complexity index is 307. The number of ether oxygens (including phenoxy) is 3. The molecule has 0 spiro atoms. The van der Waals surface area contributed by atoms with Crippen LogP contribution in [0.5, 0.6) is 11.5 Å². The first-order chi connectivity index (χ1) is 7.88. The van der Waals surface area contributed by atoms with E-state index >= 15 is 0 Å². The second kappa shape index (κ2) is 5.72. The number of morpholine rings is 1. The van der Waals surface area contributed by atoms with Gasteiger partial charge in [0.25, 0.3) is 0 Å². The Kier molecular flexibility index (Phi) is 4.02. The summed E-state index contributed by atoms with van der Waals surface area (Å²) in [7, 11) is 1.65. The van der Waals surface area contributed by atoms with E-state index in [4.69, 9.17) is 14.2 Å². The standard InChI is InChI=1S/C12H17NO3/c1-14-10-2-4-11(5-3-10)16-9-12-8-13-6-7-15-12/h2-5,12-13H,6-9H2,1H3/t12-/m1/s1. The molecule has 0 bridgehead atoms. The molecule has 0 saturated carbocycles. The average molecular weight is 223 g/mol. The molecule has 4 nitrogen and oxygen atoms in total. The number of methoxy groups -OCH3 is 1. The van der Waals surface area contributed by atoms with Gasteiger partial charge in [0.05, 0.1) is 13.7 Å². The van der Waals surface area contributed by atoms with Crippen molar-refractivity contribution in [1.82, 2.24) is 5.32 Å². The van der Waals surface area contributed by atoms with E-state index in [0.717, 1.165) is 31.2 Å². The predicted molar refractivity (Wildman–Crippen MR) is 61.1 cm³/mol. The van der Waals surface area contributed by atoms with Gasteiger partial charge < -0.3 is 19.5 Å². The zero-order valence-corrected chi connectivity index (χ0v) is 9.44. The molecule has 0 amide bonds. The van der Waals surface area contributed by atoms with E-state index in [1.54, 1.807) is 7.11 Å². The molecule has 1 saturated heterocycles. The fourth-order valence-electron chi connectivity index (χ4n) is 1.59. The SMILES string of the molecule is COc1ccc(OC[C@H]2CNCCO2)cc1. The van der Waals surface area contributed by atoms with Crippen LogP contribution in [0, 0.1) is 0 Å². The number of benzene rings is 1. The van der Waals surface area contributed by atoms with Gasteiger partial charge in [0.15, 0.2) is 0 Å². The second-order valence-electron chi connectivity index (χ2n) is 3.68. The maximum atomic E-state index is 5.62. The molecular formula is C12H17NO3. The van der Waals surface area contributed by atoms with E-state index in [1.165, 1.54) is 0 Å². The van der Waals surface area contributed by atoms with Crippen LogP contribution < -0.4 is 14.8 Å². The first-order valence-corrected chi connectivity index (χ1v) is 5.47. The average Bonchev–Trinajstić information content (AvgIpc) is 2.38. The Labute approximate surface area is 95.5 Å². The van der Waals surface area contributed by atoms with Crippen LogP contribution in [0.1, 0.15) is 0 Å². The van der Waals surface area contributed by atoms with Crippen LogP contribution in [-0.2, 0) is 4.74 Å². The molecule has 1 N–H and O–H groups in total. The van der Waals surface area contributed by atoms with Gasteiger partial charge in [0.2, 0.25) is 0 Å². The molecule has 1 aliphatic rings. The molecule has 88 valence electrons. The van der Waals surface area contributed by atoms with Crippen molar-refractivity contribution < 1.29 is 14.2 Å². The van der Waals surface area contributed by atoms with Gasteiger partial charge in [-0.3, -0.25) is 0 Å². The van der Waals surface area contributed by atoms with Crippen LogP contribution in [-0.4, -0.2) is 39.5 Å². The van der Waals surface area contributed by atoms with Gasteiger partial charge in [0, 0.05) is 13.1 Å². The molecule has 16 heavy (non-hydrogen) atoms. The van der Waals surface area contributed by atoms with E-state index in [1.807, 2.05) is 24.3 Å². The summed E-state index contributed by atoms with van der Waals surface area (Å²) in [5, 5.41) is 3.26. The molecule has 1 fully saturated rings.